The van der Waals surface area contributed by atoms with E-state index in [-0.39, 0.29) is 5.28 Å². The number of aromatic nitrogens is 4. The van der Waals surface area contributed by atoms with E-state index in [1.165, 1.54) is 0 Å². The molecule has 3 N–H and O–H groups in total. The summed E-state index contributed by atoms with van der Waals surface area (Å²) in [7, 11) is 0. The third-order valence-corrected chi connectivity index (χ3v) is 3.82. The van der Waals surface area contributed by atoms with Gasteiger partial charge in [-0.05, 0) is 37.3 Å². The van der Waals surface area contributed by atoms with E-state index in [0.717, 1.165) is 36.7 Å². The van der Waals surface area contributed by atoms with E-state index < -0.39 is 12.1 Å². The number of hydrogen-bond acceptors (Lipinski definition) is 5. The number of rotatable bonds is 1. The summed E-state index contributed by atoms with van der Waals surface area (Å²) >= 11 is 5.83. The molecule has 0 radical (unpaired) electrons. The summed E-state index contributed by atoms with van der Waals surface area (Å²) in [5.41, 5.74) is 6.74. The molecule has 24 heavy (non-hydrogen) atoms. The minimum absolute atomic E-state index is 0.270. The number of nitrogens with two attached hydrogens (primary N) is 1. The predicted octanol–water partition coefficient (Wildman–Crippen LogP) is 2.56. The Hall–Kier alpha value is -1.94. The highest BCUT2D eigenvalue weighted by molar-refractivity contribution is 6.28. The van der Waals surface area contributed by atoms with Crippen LogP contribution in [-0.2, 0) is 4.79 Å². The topological polar surface area (TPSA) is 107 Å². The molecule has 2 aromatic rings. The molecule has 0 saturated heterocycles. The monoisotopic (exact) mass is 365 g/mol. The molecule has 3 rings (SSSR count). The standard InChI is InChI=1S/C11H14ClN5.C2HF3O2/c12-11-14-5-7-6-15-17(10(7)16-11)9-3-1-8(13)2-4-9;3-2(4,5)1(6)7/h5-6,8-9H,1-4,13H2;(H,6,7). The molecule has 0 aliphatic heterocycles. The molecule has 0 spiro atoms. The number of carbonyl (C=O) groups is 1. The van der Waals surface area contributed by atoms with E-state index in [0.29, 0.717) is 12.1 Å². The molecule has 132 valence electrons. The summed E-state index contributed by atoms with van der Waals surface area (Å²) in [6.07, 6.45) is 2.62. The highest BCUT2D eigenvalue weighted by Crippen LogP contribution is 2.29. The molecule has 0 atom stereocenters. The number of nitrogens with zero attached hydrogens (tertiary/aromatic N) is 4. The third kappa shape index (κ3) is 4.54. The quantitative estimate of drug-likeness (QED) is 0.752. The molecule has 2 aromatic heterocycles. The van der Waals surface area contributed by atoms with Crippen LogP contribution in [0.1, 0.15) is 31.7 Å². The average Bonchev–Trinajstić information content (AvgIpc) is 2.90. The van der Waals surface area contributed by atoms with Crippen LogP contribution in [0.5, 0.6) is 0 Å². The summed E-state index contributed by atoms with van der Waals surface area (Å²) in [5.74, 6) is -2.76. The fourth-order valence-electron chi connectivity index (χ4n) is 2.43. The zero-order valence-corrected chi connectivity index (χ0v) is 13.1. The van der Waals surface area contributed by atoms with Crippen LogP contribution in [0.25, 0.3) is 11.0 Å². The highest BCUT2D eigenvalue weighted by atomic mass is 35.5. The van der Waals surface area contributed by atoms with Crippen LogP contribution in [0.3, 0.4) is 0 Å². The maximum absolute atomic E-state index is 10.6. The largest absolute Gasteiger partial charge is 0.490 e. The Bertz CT molecular complexity index is 713. The van der Waals surface area contributed by atoms with Gasteiger partial charge in [0.15, 0.2) is 5.65 Å². The van der Waals surface area contributed by atoms with Crippen molar-refractivity contribution in [1.82, 2.24) is 19.7 Å². The van der Waals surface area contributed by atoms with Gasteiger partial charge in [-0.3, -0.25) is 0 Å². The van der Waals surface area contributed by atoms with Gasteiger partial charge in [0.1, 0.15) is 0 Å². The molecule has 7 nitrogen and oxygen atoms in total. The van der Waals surface area contributed by atoms with Crippen LogP contribution in [0.2, 0.25) is 5.28 Å². The minimum Gasteiger partial charge on any atom is -0.475 e. The lowest BCUT2D eigenvalue weighted by molar-refractivity contribution is -0.192. The number of hydrogen-bond donors (Lipinski definition) is 2. The Kier molecular flexibility index (Phi) is 5.60. The fourth-order valence-corrected chi connectivity index (χ4v) is 2.56. The van der Waals surface area contributed by atoms with Gasteiger partial charge in [0.25, 0.3) is 0 Å². The highest BCUT2D eigenvalue weighted by Gasteiger charge is 2.38. The normalized spacial score (nSPS) is 21.2. The van der Waals surface area contributed by atoms with Crippen LogP contribution in [-0.4, -0.2) is 43.0 Å². The van der Waals surface area contributed by atoms with Crippen molar-refractivity contribution in [2.45, 2.75) is 43.9 Å². The zero-order chi connectivity index (χ0) is 17.9. The Labute approximate surface area is 139 Å². The second-order valence-corrected chi connectivity index (χ2v) is 5.72. The molecule has 1 saturated carbocycles. The van der Waals surface area contributed by atoms with Gasteiger partial charge in [0.2, 0.25) is 5.28 Å². The molecular weight excluding hydrogens is 351 g/mol. The van der Waals surface area contributed by atoms with Crippen molar-refractivity contribution in [2.24, 2.45) is 5.73 Å². The van der Waals surface area contributed by atoms with E-state index >= 15 is 0 Å². The molecule has 2 heterocycles. The van der Waals surface area contributed by atoms with Crippen LogP contribution < -0.4 is 5.73 Å². The van der Waals surface area contributed by atoms with Crippen molar-refractivity contribution in [3.63, 3.8) is 0 Å². The molecule has 0 amide bonds. The Morgan fingerprint density at radius 1 is 1.29 bits per heavy atom. The lowest BCUT2D eigenvalue weighted by Crippen LogP contribution is -2.28. The number of carboxylic acid groups (broad SMARTS) is 1. The Morgan fingerprint density at radius 2 is 1.88 bits per heavy atom. The molecule has 0 bridgehead atoms. The number of aliphatic carboxylic acids is 1. The van der Waals surface area contributed by atoms with Gasteiger partial charge in [-0.15, -0.1) is 0 Å². The van der Waals surface area contributed by atoms with Crippen LogP contribution >= 0.6 is 11.6 Å². The second-order valence-electron chi connectivity index (χ2n) is 5.38. The summed E-state index contributed by atoms with van der Waals surface area (Å²) in [6.45, 7) is 0. The molecule has 1 fully saturated rings. The van der Waals surface area contributed by atoms with Gasteiger partial charge in [-0.25, -0.2) is 14.5 Å². The predicted molar refractivity (Wildman–Crippen MR) is 79.5 cm³/mol. The number of carboxylic acids is 1. The lowest BCUT2D eigenvalue weighted by atomic mass is 9.92. The molecular formula is C13H15ClF3N5O2. The second kappa shape index (κ2) is 7.31. The SMILES string of the molecule is NC1CCC(n2ncc3cnc(Cl)nc32)CC1.O=C(O)C(F)(F)F. The lowest BCUT2D eigenvalue weighted by Gasteiger charge is -2.26. The first-order valence-electron chi connectivity index (χ1n) is 7.10. The van der Waals surface area contributed by atoms with E-state index in [2.05, 4.69) is 15.1 Å². The smallest absolute Gasteiger partial charge is 0.475 e. The van der Waals surface area contributed by atoms with Gasteiger partial charge in [0.05, 0.1) is 17.6 Å². The molecule has 11 heteroatoms. The van der Waals surface area contributed by atoms with E-state index in [1.54, 1.807) is 12.4 Å². The summed E-state index contributed by atoms with van der Waals surface area (Å²) in [4.78, 5) is 17.1. The summed E-state index contributed by atoms with van der Waals surface area (Å²) in [6, 6.07) is 0.726. The maximum atomic E-state index is 10.6. The summed E-state index contributed by atoms with van der Waals surface area (Å²) in [5, 5.41) is 12.7. The summed E-state index contributed by atoms with van der Waals surface area (Å²) < 4.78 is 33.7. The minimum atomic E-state index is -5.08. The van der Waals surface area contributed by atoms with Gasteiger partial charge in [0, 0.05) is 12.2 Å². The first kappa shape index (κ1) is 18.4. The van der Waals surface area contributed by atoms with Gasteiger partial charge in [-0.1, -0.05) is 0 Å². The number of fused-ring (bicyclic) bond motifs is 1. The van der Waals surface area contributed by atoms with E-state index in [1.807, 2.05) is 4.68 Å². The fraction of sp³-hybridized carbons (Fsp3) is 0.538. The van der Waals surface area contributed by atoms with Crippen molar-refractivity contribution >= 4 is 28.6 Å². The average molecular weight is 366 g/mol. The third-order valence-electron chi connectivity index (χ3n) is 3.63. The molecule has 1 aliphatic rings. The number of alkyl halides is 3. The first-order valence-corrected chi connectivity index (χ1v) is 7.47. The van der Waals surface area contributed by atoms with Gasteiger partial charge < -0.3 is 10.8 Å². The van der Waals surface area contributed by atoms with Crippen molar-refractivity contribution < 1.29 is 23.1 Å². The van der Waals surface area contributed by atoms with Crippen molar-refractivity contribution in [2.75, 3.05) is 0 Å². The zero-order valence-electron chi connectivity index (χ0n) is 12.4. The van der Waals surface area contributed by atoms with Gasteiger partial charge >= 0.3 is 12.1 Å². The van der Waals surface area contributed by atoms with Crippen molar-refractivity contribution in [3.8, 4) is 0 Å². The van der Waals surface area contributed by atoms with Crippen LogP contribution in [0.4, 0.5) is 13.2 Å². The van der Waals surface area contributed by atoms with E-state index in [4.69, 9.17) is 27.2 Å². The number of halogens is 4. The Balaban J connectivity index is 0.000000256. The van der Waals surface area contributed by atoms with E-state index in [9.17, 15) is 13.2 Å². The van der Waals surface area contributed by atoms with Crippen molar-refractivity contribution in [3.05, 3.63) is 17.7 Å². The molecule has 0 aromatic carbocycles. The van der Waals surface area contributed by atoms with Crippen molar-refractivity contribution in [1.29, 1.82) is 0 Å². The first-order chi connectivity index (χ1) is 11.2. The molecule has 0 unspecified atom stereocenters. The Morgan fingerprint density at radius 3 is 2.42 bits per heavy atom. The van der Waals surface area contributed by atoms with Crippen LogP contribution in [0.15, 0.2) is 12.4 Å². The van der Waals surface area contributed by atoms with Gasteiger partial charge in [-0.2, -0.15) is 23.3 Å². The maximum Gasteiger partial charge on any atom is 0.490 e. The van der Waals surface area contributed by atoms with Crippen LogP contribution in [0, 0.1) is 0 Å². The molecule has 1 aliphatic carbocycles.